The van der Waals surface area contributed by atoms with Gasteiger partial charge >= 0.3 is 5.97 Å². The van der Waals surface area contributed by atoms with Crippen LogP contribution in [-0.2, 0) is 16.3 Å². The number of phenols is 2. The Kier molecular flexibility index (Phi) is 6.43. The molecule has 7 nitrogen and oxygen atoms in total. The summed E-state index contributed by atoms with van der Waals surface area (Å²) < 4.78 is 11.5. The predicted molar refractivity (Wildman–Crippen MR) is 104 cm³/mol. The Hall–Kier alpha value is -3.42. The molecule has 0 aromatic heterocycles. The summed E-state index contributed by atoms with van der Waals surface area (Å²) in [6.07, 6.45) is -1.38. The maximum Gasteiger partial charge on any atom is 0.386 e. The molecule has 0 aliphatic carbocycles. The molecule has 150 valence electrons. The van der Waals surface area contributed by atoms with E-state index in [9.17, 15) is 15.0 Å². The lowest BCUT2D eigenvalue weighted by atomic mass is 10.1. The van der Waals surface area contributed by atoms with Gasteiger partial charge in [-0.2, -0.15) is 5.26 Å². The number of aromatic hydroxyl groups is 2. The molecule has 0 heterocycles. The molecule has 1 unspecified atom stereocenters. The highest BCUT2D eigenvalue weighted by Gasteiger charge is 2.27. The van der Waals surface area contributed by atoms with E-state index in [0.29, 0.717) is 10.6 Å². The van der Waals surface area contributed by atoms with Crippen LogP contribution in [0.3, 0.4) is 0 Å². The van der Waals surface area contributed by atoms with Crippen LogP contribution in [0.2, 0.25) is 5.02 Å². The Labute approximate surface area is 171 Å². The van der Waals surface area contributed by atoms with Crippen LogP contribution in [0.15, 0.2) is 66.7 Å². The van der Waals surface area contributed by atoms with Crippen LogP contribution in [-0.4, -0.2) is 21.4 Å². The Balaban J connectivity index is 1.87. The van der Waals surface area contributed by atoms with Crippen molar-refractivity contribution in [3.05, 3.63) is 82.9 Å². The van der Waals surface area contributed by atoms with Gasteiger partial charge in [-0.1, -0.05) is 35.9 Å². The van der Waals surface area contributed by atoms with E-state index < -0.39 is 12.1 Å². The van der Waals surface area contributed by atoms with Crippen molar-refractivity contribution < 1.29 is 34.6 Å². The van der Waals surface area contributed by atoms with Crippen molar-refractivity contribution in [3.8, 4) is 23.0 Å². The van der Waals surface area contributed by atoms with Crippen molar-refractivity contribution in [2.75, 3.05) is 0 Å². The zero-order valence-corrected chi connectivity index (χ0v) is 15.7. The molecule has 1 atom stereocenters. The van der Waals surface area contributed by atoms with E-state index in [1.165, 1.54) is 30.3 Å². The average Bonchev–Trinajstić information content (AvgIpc) is 2.71. The molecule has 0 fully saturated rings. The number of ether oxygens (including phenoxy) is 2. The zero-order valence-electron chi connectivity index (χ0n) is 15.0. The molecule has 0 amide bonds. The summed E-state index contributed by atoms with van der Waals surface area (Å²) in [4.78, 5) is 15.9. The van der Waals surface area contributed by atoms with Crippen LogP contribution in [0.25, 0.3) is 0 Å². The first kappa shape index (κ1) is 20.3. The van der Waals surface area contributed by atoms with E-state index in [2.05, 4.69) is 4.89 Å². The van der Waals surface area contributed by atoms with Gasteiger partial charge in [-0.15, -0.1) is 0 Å². The first-order valence-corrected chi connectivity index (χ1v) is 8.85. The van der Waals surface area contributed by atoms with Crippen LogP contribution in [0, 0.1) is 0 Å². The smallest absolute Gasteiger partial charge is 0.386 e. The van der Waals surface area contributed by atoms with Crippen molar-refractivity contribution in [2.24, 2.45) is 0 Å². The minimum absolute atomic E-state index is 0.0895. The maximum atomic E-state index is 12.1. The number of rotatable bonds is 7. The van der Waals surface area contributed by atoms with E-state index in [1.807, 2.05) is 0 Å². The molecule has 3 aromatic rings. The quantitative estimate of drug-likeness (QED) is 0.385. The molecule has 0 spiro atoms. The van der Waals surface area contributed by atoms with Gasteiger partial charge in [-0.3, -0.25) is 4.89 Å². The van der Waals surface area contributed by atoms with Crippen LogP contribution in [0.5, 0.6) is 23.0 Å². The van der Waals surface area contributed by atoms with Crippen molar-refractivity contribution in [1.29, 1.82) is 0 Å². The second-order valence-corrected chi connectivity index (χ2v) is 6.49. The molecule has 0 aliphatic rings. The number of hydrogen-bond donors (Lipinski definition) is 3. The van der Waals surface area contributed by atoms with Gasteiger partial charge in [0.05, 0.1) is 0 Å². The van der Waals surface area contributed by atoms with E-state index in [4.69, 9.17) is 26.3 Å². The van der Waals surface area contributed by atoms with Crippen LogP contribution < -0.4 is 9.47 Å². The standard InChI is InChI=1S/C21H17ClO7/c22-15-7-8-18(27-12-13-3-1-5-16(23)9-13)19(11-15)28-20(21(25)29-26)14-4-2-6-17(24)10-14/h1-11,20,23-24,26H,12H2. The van der Waals surface area contributed by atoms with Gasteiger partial charge in [0.2, 0.25) is 6.10 Å². The van der Waals surface area contributed by atoms with E-state index in [1.54, 1.807) is 36.4 Å². The third-order valence-corrected chi connectivity index (χ3v) is 4.17. The molecule has 3 aromatic carbocycles. The largest absolute Gasteiger partial charge is 0.508 e. The number of carbonyl (C=O) groups is 1. The van der Waals surface area contributed by atoms with Gasteiger partial charge in [-0.25, -0.2) is 4.79 Å². The number of hydrogen-bond acceptors (Lipinski definition) is 7. The summed E-state index contributed by atoms with van der Waals surface area (Å²) in [6, 6.07) is 16.9. The second kappa shape index (κ2) is 9.18. The summed E-state index contributed by atoms with van der Waals surface area (Å²) in [5.41, 5.74) is 0.966. The average molecular weight is 417 g/mol. The first-order chi connectivity index (χ1) is 14.0. The lowest BCUT2D eigenvalue weighted by Crippen LogP contribution is -2.20. The summed E-state index contributed by atoms with van der Waals surface area (Å²) in [5.74, 6) is -0.679. The molecule has 29 heavy (non-hydrogen) atoms. The Morgan fingerprint density at radius 2 is 1.66 bits per heavy atom. The van der Waals surface area contributed by atoms with E-state index in [0.717, 1.165) is 0 Å². The molecule has 0 radical (unpaired) electrons. The minimum Gasteiger partial charge on any atom is -0.508 e. The fourth-order valence-electron chi connectivity index (χ4n) is 2.62. The minimum atomic E-state index is -1.38. The van der Waals surface area contributed by atoms with Gasteiger partial charge in [0.25, 0.3) is 0 Å². The predicted octanol–water partition coefficient (Wildman–Crippen LogP) is 4.47. The third-order valence-electron chi connectivity index (χ3n) is 3.93. The highest BCUT2D eigenvalue weighted by Crippen LogP contribution is 2.35. The SMILES string of the molecule is O=C(OO)C(Oc1cc(Cl)ccc1OCc1cccc(O)c1)c1cccc(O)c1. The number of phenolic OH excluding ortho intramolecular Hbond substituents is 2. The summed E-state index contributed by atoms with van der Waals surface area (Å²) in [7, 11) is 0. The van der Waals surface area contributed by atoms with Crippen molar-refractivity contribution >= 4 is 17.6 Å². The van der Waals surface area contributed by atoms with Crippen molar-refractivity contribution in [3.63, 3.8) is 0 Å². The molecule has 0 bridgehead atoms. The second-order valence-electron chi connectivity index (χ2n) is 6.05. The van der Waals surface area contributed by atoms with E-state index in [-0.39, 0.29) is 35.2 Å². The summed E-state index contributed by atoms with van der Waals surface area (Å²) >= 11 is 6.05. The van der Waals surface area contributed by atoms with Crippen LogP contribution >= 0.6 is 11.6 Å². The molecule has 3 rings (SSSR count). The topological polar surface area (TPSA) is 105 Å². The van der Waals surface area contributed by atoms with Crippen molar-refractivity contribution in [2.45, 2.75) is 12.7 Å². The summed E-state index contributed by atoms with van der Waals surface area (Å²) in [5, 5.41) is 28.4. The van der Waals surface area contributed by atoms with Gasteiger partial charge in [0, 0.05) is 16.7 Å². The molecule has 0 aliphatic heterocycles. The van der Waals surface area contributed by atoms with Gasteiger partial charge in [0.15, 0.2) is 11.5 Å². The zero-order chi connectivity index (χ0) is 20.8. The monoisotopic (exact) mass is 416 g/mol. The van der Waals surface area contributed by atoms with Gasteiger partial charge in [0.1, 0.15) is 18.1 Å². The molecule has 0 saturated heterocycles. The number of halogens is 1. The molecule has 3 N–H and O–H groups in total. The van der Waals surface area contributed by atoms with Crippen LogP contribution in [0.4, 0.5) is 0 Å². The number of carbonyl (C=O) groups excluding carboxylic acids is 1. The number of benzene rings is 3. The molecule has 0 saturated carbocycles. The highest BCUT2D eigenvalue weighted by molar-refractivity contribution is 6.30. The fraction of sp³-hybridized carbons (Fsp3) is 0.0952. The van der Waals surface area contributed by atoms with Gasteiger partial charge in [-0.05, 0) is 42.0 Å². The van der Waals surface area contributed by atoms with E-state index >= 15 is 0 Å². The lowest BCUT2D eigenvalue weighted by molar-refractivity contribution is -0.241. The highest BCUT2D eigenvalue weighted by atomic mass is 35.5. The lowest BCUT2D eigenvalue weighted by Gasteiger charge is -2.19. The van der Waals surface area contributed by atoms with Gasteiger partial charge < -0.3 is 19.7 Å². The normalized spacial score (nSPS) is 11.5. The first-order valence-electron chi connectivity index (χ1n) is 8.47. The molecular weight excluding hydrogens is 400 g/mol. The van der Waals surface area contributed by atoms with Crippen molar-refractivity contribution in [1.82, 2.24) is 0 Å². The maximum absolute atomic E-state index is 12.1. The third kappa shape index (κ3) is 5.31. The fourth-order valence-corrected chi connectivity index (χ4v) is 2.78. The summed E-state index contributed by atoms with van der Waals surface area (Å²) in [6.45, 7) is 0.119. The van der Waals surface area contributed by atoms with Crippen LogP contribution in [0.1, 0.15) is 17.2 Å². The molecular formula is C21H17ClO7. The Morgan fingerprint density at radius 3 is 2.34 bits per heavy atom. The molecule has 8 heteroatoms. The Bertz CT molecular complexity index is 1010. The Morgan fingerprint density at radius 1 is 0.931 bits per heavy atom.